The average molecular weight is 400 g/mol. The third-order valence-corrected chi connectivity index (χ3v) is 7.00. The fraction of sp³-hybridized carbons (Fsp3) is 0.467. The van der Waals surface area contributed by atoms with Gasteiger partial charge < -0.3 is 9.47 Å². The Balaban J connectivity index is 2.18. The number of thioether (sulfide) groups is 2. The van der Waals surface area contributed by atoms with Crippen LogP contribution in [0.15, 0.2) is 43.9 Å². The molecular formula is C15H10F6O2S2. The Morgan fingerprint density at radius 2 is 1.08 bits per heavy atom. The number of hydrogen-bond acceptors (Lipinski definition) is 4. The van der Waals surface area contributed by atoms with Crippen molar-refractivity contribution in [3.63, 3.8) is 0 Å². The van der Waals surface area contributed by atoms with Gasteiger partial charge in [0.1, 0.15) is 0 Å². The molecule has 0 aromatic heterocycles. The monoisotopic (exact) mass is 400 g/mol. The minimum Gasteiger partial charge on any atom is -0.365 e. The predicted octanol–water partition coefficient (Wildman–Crippen LogP) is 4.72. The highest BCUT2D eigenvalue weighted by Crippen LogP contribution is 2.72. The van der Waals surface area contributed by atoms with Gasteiger partial charge >= 0.3 is 17.8 Å². The largest absolute Gasteiger partial charge is 0.380 e. The minimum absolute atomic E-state index is 0.399. The van der Waals surface area contributed by atoms with Crippen LogP contribution in [-0.4, -0.2) is 43.2 Å². The highest BCUT2D eigenvalue weighted by Gasteiger charge is 2.85. The van der Waals surface area contributed by atoms with Gasteiger partial charge in [0.15, 0.2) is 11.2 Å². The van der Waals surface area contributed by atoms with E-state index in [4.69, 9.17) is 9.47 Å². The smallest absolute Gasteiger partial charge is 0.365 e. The van der Waals surface area contributed by atoms with E-state index in [2.05, 4.69) is 0 Å². The van der Waals surface area contributed by atoms with Gasteiger partial charge in [-0.3, -0.25) is 0 Å². The molecule has 2 nitrogen and oxygen atoms in total. The van der Waals surface area contributed by atoms with Crippen molar-refractivity contribution in [1.29, 1.82) is 0 Å². The van der Waals surface area contributed by atoms with Crippen LogP contribution in [0.25, 0.3) is 0 Å². The molecular weight excluding hydrogens is 390 g/mol. The first kappa shape index (κ1) is 17.6. The van der Waals surface area contributed by atoms with E-state index >= 15 is 0 Å². The molecule has 0 bridgehead atoms. The van der Waals surface area contributed by atoms with E-state index < -0.39 is 49.9 Å². The number of methoxy groups -OCH3 is 2. The topological polar surface area (TPSA) is 18.5 Å². The first-order valence-electron chi connectivity index (χ1n) is 6.98. The number of rotatable bonds is 2. The summed E-state index contributed by atoms with van der Waals surface area (Å²) in [4.78, 5) is -0.797. The van der Waals surface area contributed by atoms with Crippen molar-refractivity contribution < 1.29 is 35.8 Å². The van der Waals surface area contributed by atoms with Crippen LogP contribution in [0.5, 0.6) is 0 Å². The van der Waals surface area contributed by atoms with Crippen LogP contribution in [-0.2, 0) is 9.47 Å². The summed E-state index contributed by atoms with van der Waals surface area (Å²) in [5.74, 6) is -15.6. The van der Waals surface area contributed by atoms with Gasteiger partial charge in [0.05, 0.1) is 11.1 Å². The van der Waals surface area contributed by atoms with Crippen LogP contribution < -0.4 is 0 Å². The lowest BCUT2D eigenvalue weighted by molar-refractivity contribution is -0.258. The second-order valence-electron chi connectivity index (χ2n) is 5.85. The zero-order valence-electron chi connectivity index (χ0n) is 12.7. The zero-order chi connectivity index (χ0) is 18.5. The predicted molar refractivity (Wildman–Crippen MR) is 81.8 cm³/mol. The molecule has 0 aromatic rings. The SMILES string of the molecule is CO[C@@]12C=CSC1=C1C(=C3SC=C[C@]32OC)C(F)(F)C(F)(F)C1(F)F. The molecule has 0 amide bonds. The fourth-order valence-electron chi connectivity index (χ4n) is 3.76. The van der Waals surface area contributed by atoms with Gasteiger partial charge in [-0.2, -0.15) is 26.3 Å². The summed E-state index contributed by atoms with van der Waals surface area (Å²) in [5.41, 5.74) is -6.14. The summed E-state index contributed by atoms with van der Waals surface area (Å²) in [6.45, 7) is 0. The highest BCUT2D eigenvalue weighted by atomic mass is 32.2. The molecule has 136 valence electrons. The Kier molecular flexibility index (Phi) is 3.31. The van der Waals surface area contributed by atoms with E-state index in [0.717, 1.165) is 0 Å². The Bertz CT molecular complexity index is 736. The molecule has 0 aromatic carbocycles. The molecule has 2 aliphatic heterocycles. The van der Waals surface area contributed by atoms with Crippen LogP contribution in [0.2, 0.25) is 0 Å². The van der Waals surface area contributed by atoms with E-state index in [1.165, 1.54) is 37.2 Å². The van der Waals surface area contributed by atoms with Crippen LogP contribution in [0.1, 0.15) is 0 Å². The first-order chi connectivity index (χ1) is 11.5. The third kappa shape index (κ3) is 1.54. The molecule has 0 N–H and O–H groups in total. The van der Waals surface area contributed by atoms with Crippen molar-refractivity contribution in [2.45, 2.75) is 29.0 Å². The van der Waals surface area contributed by atoms with Crippen molar-refractivity contribution in [2.24, 2.45) is 0 Å². The van der Waals surface area contributed by atoms with Gasteiger partial charge in [0.2, 0.25) is 0 Å². The summed E-state index contributed by atoms with van der Waals surface area (Å²) < 4.78 is 97.0. The molecule has 4 rings (SSSR count). The summed E-state index contributed by atoms with van der Waals surface area (Å²) >= 11 is 1.33. The summed E-state index contributed by atoms with van der Waals surface area (Å²) in [6, 6.07) is 0. The number of hydrogen-bond donors (Lipinski definition) is 0. The number of ether oxygens (including phenoxy) is 2. The maximum atomic E-state index is 14.5. The minimum atomic E-state index is -5.56. The maximum absolute atomic E-state index is 14.5. The lowest BCUT2D eigenvalue weighted by Gasteiger charge is -2.47. The highest BCUT2D eigenvalue weighted by molar-refractivity contribution is 8.07. The number of allylic oxidation sites excluding steroid dienone is 2. The Morgan fingerprint density at radius 3 is 1.40 bits per heavy atom. The molecule has 2 aliphatic carbocycles. The first-order valence-corrected chi connectivity index (χ1v) is 8.74. The summed E-state index contributed by atoms with van der Waals surface area (Å²) in [5, 5.41) is 2.71. The van der Waals surface area contributed by atoms with Crippen molar-refractivity contribution in [2.75, 3.05) is 14.2 Å². The van der Waals surface area contributed by atoms with E-state index in [1.54, 1.807) is 0 Å². The second-order valence-corrected chi connectivity index (χ2v) is 7.68. The van der Waals surface area contributed by atoms with Crippen molar-refractivity contribution in [3.8, 4) is 0 Å². The van der Waals surface area contributed by atoms with Gasteiger partial charge in [-0.25, -0.2) is 0 Å². The van der Waals surface area contributed by atoms with Crippen LogP contribution in [0.4, 0.5) is 26.3 Å². The molecule has 0 spiro atoms. The molecule has 2 heterocycles. The zero-order valence-corrected chi connectivity index (χ0v) is 14.3. The van der Waals surface area contributed by atoms with E-state index in [-0.39, 0.29) is 0 Å². The fourth-order valence-corrected chi connectivity index (χ4v) is 6.20. The van der Waals surface area contributed by atoms with E-state index in [1.807, 2.05) is 0 Å². The third-order valence-electron chi connectivity index (χ3n) is 4.97. The molecule has 4 aliphatic rings. The number of alkyl halides is 6. The van der Waals surface area contributed by atoms with Gasteiger partial charge in [0.25, 0.3) is 0 Å². The van der Waals surface area contributed by atoms with Crippen molar-refractivity contribution in [1.82, 2.24) is 0 Å². The molecule has 0 saturated heterocycles. The van der Waals surface area contributed by atoms with Gasteiger partial charge in [0, 0.05) is 24.0 Å². The lowest BCUT2D eigenvalue weighted by atomic mass is 9.74. The quantitative estimate of drug-likeness (QED) is 0.625. The van der Waals surface area contributed by atoms with Gasteiger partial charge in [-0.05, 0) is 23.0 Å². The van der Waals surface area contributed by atoms with Crippen LogP contribution in [0, 0.1) is 0 Å². The Hall–Kier alpha value is -0.840. The number of halogens is 6. The molecule has 1 fully saturated rings. The average Bonchev–Trinajstić information content (AvgIpc) is 3.19. The second kappa shape index (κ2) is 4.71. The van der Waals surface area contributed by atoms with Crippen LogP contribution >= 0.6 is 23.5 Å². The molecule has 1 saturated carbocycles. The number of fused-ring (bicyclic) bond motifs is 4. The molecule has 0 radical (unpaired) electrons. The summed E-state index contributed by atoms with van der Waals surface area (Å²) in [7, 11) is 2.39. The molecule has 25 heavy (non-hydrogen) atoms. The maximum Gasteiger partial charge on any atom is 0.380 e. The Labute approximate surface area is 147 Å². The van der Waals surface area contributed by atoms with Gasteiger partial charge in [-0.1, -0.05) is 23.5 Å². The Morgan fingerprint density at radius 1 is 0.720 bits per heavy atom. The molecule has 10 heteroatoms. The normalized spacial score (nSPS) is 39.0. The van der Waals surface area contributed by atoms with Crippen molar-refractivity contribution >= 4 is 23.5 Å². The van der Waals surface area contributed by atoms with Crippen molar-refractivity contribution in [3.05, 3.63) is 43.9 Å². The lowest BCUT2D eigenvalue weighted by Crippen LogP contribution is -2.57. The molecule has 2 atom stereocenters. The van der Waals surface area contributed by atoms with E-state index in [9.17, 15) is 26.3 Å². The van der Waals surface area contributed by atoms with Gasteiger partial charge in [-0.15, -0.1) is 0 Å². The standard InChI is InChI=1S/C15H10F6O2S2/c1-22-11-3-5-24-9(11)7-8(10-12(11,23-2)4-6-25-10)14(18,19)15(20,21)13(7,16)17/h3-6H,1-2H3/t11-,12-/m0/s1. The van der Waals surface area contributed by atoms with E-state index in [0.29, 0.717) is 23.5 Å². The van der Waals surface area contributed by atoms with Crippen LogP contribution in [0.3, 0.4) is 0 Å². The summed E-state index contributed by atoms with van der Waals surface area (Å²) in [6.07, 6.45) is 2.75. The molecule has 0 unspecified atom stereocenters.